The number of carbonyl (C=O) groups excluding carboxylic acids is 1. The normalized spacial score (nSPS) is 15.8. The van der Waals surface area contributed by atoms with E-state index in [1.807, 2.05) is 11.0 Å². The lowest BCUT2D eigenvalue weighted by atomic mass is 10.1. The van der Waals surface area contributed by atoms with E-state index in [-0.39, 0.29) is 18.2 Å². The molecule has 1 fully saturated rings. The number of piperazine rings is 1. The SMILES string of the molecule is COc1cc(C(C)=O)ccc1OC[C@H](O)CN1CCN(c2ccccc2F)CC1. The number of para-hydroxylation sites is 1. The maximum Gasteiger partial charge on any atom is 0.161 e. The van der Waals surface area contributed by atoms with Gasteiger partial charge in [0.05, 0.1) is 12.8 Å². The van der Waals surface area contributed by atoms with Crippen molar-refractivity contribution in [3.63, 3.8) is 0 Å². The van der Waals surface area contributed by atoms with Crippen molar-refractivity contribution >= 4 is 11.5 Å². The lowest BCUT2D eigenvalue weighted by Crippen LogP contribution is -2.49. The maximum atomic E-state index is 13.9. The number of aliphatic hydroxyl groups excluding tert-OH is 1. The highest BCUT2D eigenvalue weighted by atomic mass is 19.1. The lowest BCUT2D eigenvalue weighted by Gasteiger charge is -2.36. The fraction of sp³-hybridized carbons (Fsp3) is 0.409. The van der Waals surface area contributed by atoms with Crippen molar-refractivity contribution < 1.29 is 23.8 Å². The van der Waals surface area contributed by atoms with Crippen LogP contribution >= 0.6 is 0 Å². The Hall–Kier alpha value is -2.64. The fourth-order valence-electron chi connectivity index (χ4n) is 3.42. The first-order chi connectivity index (χ1) is 14.0. The van der Waals surface area contributed by atoms with Gasteiger partial charge in [0.1, 0.15) is 18.5 Å². The van der Waals surface area contributed by atoms with Gasteiger partial charge in [-0.15, -0.1) is 0 Å². The molecule has 1 N–H and O–H groups in total. The van der Waals surface area contributed by atoms with Gasteiger partial charge >= 0.3 is 0 Å². The zero-order valence-electron chi connectivity index (χ0n) is 16.8. The van der Waals surface area contributed by atoms with Crippen LogP contribution in [0.1, 0.15) is 17.3 Å². The molecule has 7 heteroatoms. The summed E-state index contributed by atoms with van der Waals surface area (Å²) >= 11 is 0. The van der Waals surface area contributed by atoms with Gasteiger partial charge in [-0.1, -0.05) is 12.1 Å². The minimum atomic E-state index is -0.674. The number of benzene rings is 2. The molecular weight excluding hydrogens is 375 g/mol. The van der Waals surface area contributed by atoms with E-state index in [9.17, 15) is 14.3 Å². The standard InChI is InChI=1S/C22H27FN2O4/c1-16(26)17-7-8-21(22(13-17)28-2)29-15-18(27)14-24-9-11-25(12-10-24)20-6-4-3-5-19(20)23/h3-8,13,18,27H,9-12,14-15H2,1-2H3/t18-/m1/s1. The summed E-state index contributed by atoms with van der Waals surface area (Å²) in [7, 11) is 1.51. The van der Waals surface area contributed by atoms with Gasteiger partial charge in [-0.3, -0.25) is 9.69 Å². The summed E-state index contributed by atoms with van der Waals surface area (Å²) in [6, 6.07) is 11.8. The van der Waals surface area contributed by atoms with Crippen LogP contribution in [0, 0.1) is 5.82 Å². The summed E-state index contributed by atoms with van der Waals surface area (Å²) in [6.07, 6.45) is -0.674. The van der Waals surface area contributed by atoms with Crippen molar-refractivity contribution in [2.24, 2.45) is 0 Å². The minimum Gasteiger partial charge on any atom is -0.493 e. The third-order valence-electron chi connectivity index (χ3n) is 5.04. The Morgan fingerprint density at radius 1 is 1.14 bits per heavy atom. The van der Waals surface area contributed by atoms with Gasteiger partial charge in [-0.2, -0.15) is 0 Å². The van der Waals surface area contributed by atoms with Crippen molar-refractivity contribution in [2.75, 3.05) is 51.3 Å². The van der Waals surface area contributed by atoms with Crippen LogP contribution in [0.5, 0.6) is 11.5 Å². The molecule has 0 aliphatic carbocycles. The molecule has 2 aromatic rings. The molecule has 1 saturated heterocycles. The third-order valence-corrected chi connectivity index (χ3v) is 5.04. The second-order valence-electron chi connectivity index (χ2n) is 7.13. The van der Waals surface area contributed by atoms with Crippen LogP contribution < -0.4 is 14.4 Å². The number of aliphatic hydroxyl groups is 1. The van der Waals surface area contributed by atoms with Gasteiger partial charge in [0.15, 0.2) is 17.3 Å². The number of methoxy groups -OCH3 is 1. The average molecular weight is 402 g/mol. The molecule has 29 heavy (non-hydrogen) atoms. The number of hydrogen-bond acceptors (Lipinski definition) is 6. The van der Waals surface area contributed by atoms with Crippen LogP contribution in [0.15, 0.2) is 42.5 Å². The summed E-state index contributed by atoms with van der Waals surface area (Å²) < 4.78 is 24.9. The zero-order valence-corrected chi connectivity index (χ0v) is 16.8. The Labute approximate surface area is 170 Å². The van der Waals surface area contributed by atoms with Crippen LogP contribution in [0.2, 0.25) is 0 Å². The predicted octanol–water partition coefficient (Wildman–Crippen LogP) is 2.60. The monoisotopic (exact) mass is 402 g/mol. The Morgan fingerprint density at radius 3 is 2.52 bits per heavy atom. The third kappa shape index (κ3) is 5.46. The number of carbonyl (C=O) groups is 1. The summed E-state index contributed by atoms with van der Waals surface area (Å²) in [5, 5.41) is 10.4. The number of anilines is 1. The summed E-state index contributed by atoms with van der Waals surface area (Å²) in [4.78, 5) is 15.6. The first-order valence-electron chi connectivity index (χ1n) is 9.69. The summed E-state index contributed by atoms with van der Waals surface area (Å²) in [5.41, 5.74) is 1.17. The van der Waals surface area contributed by atoms with Crippen molar-refractivity contribution in [3.05, 3.63) is 53.8 Å². The predicted molar refractivity (Wildman–Crippen MR) is 110 cm³/mol. The van der Waals surface area contributed by atoms with E-state index in [2.05, 4.69) is 4.90 Å². The van der Waals surface area contributed by atoms with Gasteiger partial charge in [-0.25, -0.2) is 4.39 Å². The Balaban J connectivity index is 1.48. The first-order valence-corrected chi connectivity index (χ1v) is 9.69. The van der Waals surface area contributed by atoms with Crippen molar-refractivity contribution in [1.29, 1.82) is 0 Å². The van der Waals surface area contributed by atoms with Crippen LogP contribution in [-0.2, 0) is 0 Å². The first kappa shape index (κ1) is 21.1. The summed E-state index contributed by atoms with van der Waals surface area (Å²) in [6.45, 7) is 4.96. The quantitative estimate of drug-likeness (QED) is 0.685. The Kier molecular flexibility index (Phi) is 7.06. The number of β-amino-alcohol motifs (C(OH)–C–C–N with tert-alkyl or cyclic N) is 1. The van der Waals surface area contributed by atoms with E-state index in [0.29, 0.717) is 42.4 Å². The number of rotatable bonds is 8. The van der Waals surface area contributed by atoms with Crippen LogP contribution in [0.25, 0.3) is 0 Å². The van der Waals surface area contributed by atoms with Gasteiger partial charge in [0.2, 0.25) is 0 Å². The van der Waals surface area contributed by atoms with Crippen LogP contribution in [0.3, 0.4) is 0 Å². The molecule has 1 aliphatic heterocycles. The molecule has 3 rings (SSSR count). The molecule has 0 amide bonds. The molecule has 0 bridgehead atoms. The van der Waals surface area contributed by atoms with Gasteiger partial charge < -0.3 is 19.5 Å². The number of hydrogen-bond donors (Lipinski definition) is 1. The van der Waals surface area contributed by atoms with Crippen LogP contribution in [0.4, 0.5) is 10.1 Å². The Bertz CT molecular complexity index is 837. The molecule has 1 heterocycles. The molecule has 0 spiro atoms. The van der Waals surface area contributed by atoms with E-state index >= 15 is 0 Å². The van der Waals surface area contributed by atoms with E-state index in [1.165, 1.54) is 20.1 Å². The van der Waals surface area contributed by atoms with Gasteiger partial charge in [0, 0.05) is 38.3 Å². The maximum absolute atomic E-state index is 13.9. The topological polar surface area (TPSA) is 62.2 Å². The molecular formula is C22H27FN2O4. The molecule has 0 saturated carbocycles. The Morgan fingerprint density at radius 2 is 1.86 bits per heavy atom. The van der Waals surface area contributed by atoms with Crippen molar-refractivity contribution in [1.82, 2.24) is 4.90 Å². The average Bonchev–Trinajstić information content (AvgIpc) is 2.73. The fourth-order valence-corrected chi connectivity index (χ4v) is 3.42. The highest BCUT2D eigenvalue weighted by molar-refractivity contribution is 5.94. The smallest absolute Gasteiger partial charge is 0.161 e. The van der Waals surface area contributed by atoms with Gasteiger partial charge in [0.25, 0.3) is 0 Å². The second kappa shape index (κ2) is 9.71. The largest absolute Gasteiger partial charge is 0.493 e. The number of halogens is 1. The van der Waals surface area contributed by atoms with E-state index < -0.39 is 6.10 Å². The molecule has 0 radical (unpaired) electrons. The summed E-state index contributed by atoms with van der Waals surface area (Å²) in [5.74, 6) is 0.688. The molecule has 6 nitrogen and oxygen atoms in total. The molecule has 1 atom stereocenters. The zero-order chi connectivity index (χ0) is 20.8. The van der Waals surface area contributed by atoms with Crippen molar-refractivity contribution in [2.45, 2.75) is 13.0 Å². The molecule has 2 aromatic carbocycles. The molecule has 156 valence electrons. The van der Waals surface area contributed by atoms with Crippen molar-refractivity contribution in [3.8, 4) is 11.5 Å². The highest BCUT2D eigenvalue weighted by Gasteiger charge is 2.21. The second-order valence-corrected chi connectivity index (χ2v) is 7.13. The molecule has 0 unspecified atom stereocenters. The number of ether oxygens (including phenoxy) is 2. The lowest BCUT2D eigenvalue weighted by molar-refractivity contribution is 0.0652. The van der Waals surface area contributed by atoms with Crippen LogP contribution in [-0.4, -0.2) is 68.3 Å². The molecule has 1 aliphatic rings. The molecule has 0 aromatic heterocycles. The number of Topliss-reactive ketones (excluding diaryl/α,β-unsaturated/α-hetero) is 1. The minimum absolute atomic E-state index is 0.0515. The highest BCUT2D eigenvalue weighted by Crippen LogP contribution is 2.28. The van der Waals surface area contributed by atoms with E-state index in [4.69, 9.17) is 9.47 Å². The van der Waals surface area contributed by atoms with E-state index in [0.717, 1.165) is 13.1 Å². The van der Waals surface area contributed by atoms with E-state index in [1.54, 1.807) is 30.3 Å². The van der Waals surface area contributed by atoms with Gasteiger partial charge in [-0.05, 0) is 37.3 Å². The number of nitrogens with zero attached hydrogens (tertiary/aromatic N) is 2. The number of ketones is 1.